The summed E-state index contributed by atoms with van der Waals surface area (Å²) in [5, 5.41) is 2.51. The second-order valence-electron chi connectivity index (χ2n) is 8.25. The molecule has 0 saturated heterocycles. The number of esters is 2. The van der Waals surface area contributed by atoms with Gasteiger partial charge in [0.15, 0.2) is 5.70 Å². The van der Waals surface area contributed by atoms with Crippen molar-refractivity contribution in [3.8, 4) is 5.75 Å². The molecule has 0 amide bonds. The van der Waals surface area contributed by atoms with E-state index in [0.717, 1.165) is 25.7 Å². The first-order chi connectivity index (χ1) is 17.9. The van der Waals surface area contributed by atoms with Crippen LogP contribution in [0.5, 0.6) is 5.75 Å². The fourth-order valence-corrected chi connectivity index (χ4v) is 6.87. The Kier molecular flexibility index (Phi) is 6.09. The van der Waals surface area contributed by atoms with Crippen molar-refractivity contribution in [3.05, 3.63) is 103 Å². The number of carbonyl (C=O) groups is 2. The van der Waals surface area contributed by atoms with Crippen LogP contribution in [0.25, 0.3) is 26.2 Å². The normalized spacial score (nSPS) is 14.4. The molecule has 0 N–H and O–H groups in total. The van der Waals surface area contributed by atoms with Gasteiger partial charge in [0.2, 0.25) is 5.90 Å². The molecule has 0 radical (unpaired) electrons. The van der Waals surface area contributed by atoms with Crippen LogP contribution in [0.3, 0.4) is 0 Å². The molecule has 2 aromatic heterocycles. The van der Waals surface area contributed by atoms with Crippen molar-refractivity contribution in [1.29, 1.82) is 0 Å². The number of carbonyl (C=O) groups excluding carboxylic acids is 2. The predicted molar refractivity (Wildman–Crippen MR) is 150 cm³/mol. The standard InChI is InChI=1S/C28H15Cl2NO4S2/c1-14-10-11-17-21(12-14)37-25(23(17)30)28(33)34-19-8-4-2-6-15(19)13-18-27(32)35-26(31-18)24-22(29)16-7-3-5-9-20(16)36-24/h2-13H,1H3/b18-13+. The van der Waals surface area contributed by atoms with Crippen molar-refractivity contribution in [2.24, 2.45) is 4.99 Å². The van der Waals surface area contributed by atoms with Gasteiger partial charge in [0.25, 0.3) is 0 Å². The Bertz CT molecular complexity index is 1820. The van der Waals surface area contributed by atoms with Gasteiger partial charge in [-0.15, -0.1) is 22.7 Å². The molecule has 0 saturated carbocycles. The minimum Gasteiger partial charge on any atom is -0.422 e. The van der Waals surface area contributed by atoms with Gasteiger partial charge in [-0.1, -0.05) is 71.7 Å². The van der Waals surface area contributed by atoms with Gasteiger partial charge in [-0.05, 0) is 36.8 Å². The summed E-state index contributed by atoms with van der Waals surface area (Å²) in [4.78, 5) is 31.0. The molecule has 0 spiro atoms. The van der Waals surface area contributed by atoms with Crippen LogP contribution >= 0.6 is 45.9 Å². The lowest BCUT2D eigenvalue weighted by molar-refractivity contribution is -0.129. The molecule has 0 fully saturated rings. The van der Waals surface area contributed by atoms with Crippen molar-refractivity contribution in [2.45, 2.75) is 6.92 Å². The van der Waals surface area contributed by atoms with Crippen molar-refractivity contribution < 1.29 is 19.1 Å². The average Bonchev–Trinajstić information content (AvgIpc) is 3.53. The van der Waals surface area contributed by atoms with Crippen molar-refractivity contribution in [2.75, 3.05) is 0 Å². The zero-order valence-corrected chi connectivity index (χ0v) is 22.2. The van der Waals surface area contributed by atoms with Gasteiger partial charge in [-0.3, -0.25) is 0 Å². The Morgan fingerprint density at radius 2 is 1.70 bits per heavy atom. The summed E-state index contributed by atoms with van der Waals surface area (Å²) in [5.74, 6) is -0.789. The Hall–Kier alpha value is -3.49. The van der Waals surface area contributed by atoms with Crippen LogP contribution in [0.15, 0.2) is 77.4 Å². The molecule has 37 heavy (non-hydrogen) atoms. The zero-order valence-electron chi connectivity index (χ0n) is 19.1. The highest BCUT2D eigenvalue weighted by atomic mass is 35.5. The average molecular weight is 564 g/mol. The van der Waals surface area contributed by atoms with Crippen LogP contribution in [-0.4, -0.2) is 17.8 Å². The van der Waals surface area contributed by atoms with E-state index in [-0.39, 0.29) is 17.3 Å². The quantitative estimate of drug-likeness (QED) is 0.125. The van der Waals surface area contributed by atoms with E-state index in [1.807, 2.05) is 49.4 Å². The molecular weight excluding hydrogens is 549 g/mol. The lowest BCUT2D eigenvalue weighted by atomic mass is 10.1. The van der Waals surface area contributed by atoms with E-state index in [1.165, 1.54) is 28.7 Å². The summed E-state index contributed by atoms with van der Waals surface area (Å²) in [6, 6.07) is 20.3. The molecule has 6 rings (SSSR count). The maximum atomic E-state index is 13.1. The summed E-state index contributed by atoms with van der Waals surface area (Å²) in [7, 11) is 0. The number of halogens is 2. The Morgan fingerprint density at radius 1 is 0.946 bits per heavy atom. The molecule has 1 aliphatic rings. The molecule has 3 heterocycles. The molecule has 0 bridgehead atoms. The number of aliphatic imine (C=N–C) groups is 1. The van der Waals surface area contributed by atoms with Gasteiger partial charge in [-0.25, -0.2) is 14.6 Å². The van der Waals surface area contributed by atoms with Crippen LogP contribution in [0.1, 0.15) is 25.7 Å². The minimum absolute atomic E-state index is 0.0717. The number of fused-ring (bicyclic) bond motifs is 2. The molecule has 182 valence electrons. The molecular formula is C28H15Cl2NO4S2. The second-order valence-corrected chi connectivity index (χ2v) is 11.1. The number of hydrogen-bond acceptors (Lipinski definition) is 7. The van der Waals surface area contributed by atoms with Gasteiger partial charge in [-0.2, -0.15) is 0 Å². The highest BCUT2D eigenvalue weighted by Crippen LogP contribution is 2.39. The third-order valence-electron chi connectivity index (χ3n) is 5.73. The predicted octanol–water partition coefficient (Wildman–Crippen LogP) is 8.29. The fourth-order valence-electron chi connectivity index (χ4n) is 3.95. The van der Waals surface area contributed by atoms with E-state index in [2.05, 4.69) is 4.99 Å². The minimum atomic E-state index is -0.618. The van der Waals surface area contributed by atoms with Crippen LogP contribution < -0.4 is 4.74 Å². The van der Waals surface area contributed by atoms with Crippen molar-refractivity contribution in [3.63, 3.8) is 0 Å². The van der Waals surface area contributed by atoms with Gasteiger partial charge >= 0.3 is 11.9 Å². The number of rotatable bonds is 4. The number of thiophene rings is 2. The number of hydrogen-bond donors (Lipinski definition) is 0. The third-order valence-corrected chi connectivity index (χ3v) is 9.03. The highest BCUT2D eigenvalue weighted by Gasteiger charge is 2.28. The Morgan fingerprint density at radius 3 is 2.54 bits per heavy atom. The first-order valence-electron chi connectivity index (χ1n) is 11.1. The molecule has 1 aliphatic heterocycles. The topological polar surface area (TPSA) is 65.0 Å². The van der Waals surface area contributed by atoms with Gasteiger partial charge < -0.3 is 9.47 Å². The number of para-hydroxylation sites is 1. The summed E-state index contributed by atoms with van der Waals surface area (Å²) in [6.07, 6.45) is 1.52. The Labute approximate surface area is 229 Å². The molecule has 0 unspecified atom stereocenters. The lowest BCUT2D eigenvalue weighted by Crippen LogP contribution is -2.08. The maximum Gasteiger partial charge on any atom is 0.363 e. The zero-order chi connectivity index (χ0) is 25.7. The van der Waals surface area contributed by atoms with E-state index in [9.17, 15) is 9.59 Å². The first-order valence-corrected chi connectivity index (χ1v) is 13.5. The fraction of sp³-hybridized carbons (Fsp3) is 0.0357. The van der Waals surface area contributed by atoms with Crippen LogP contribution in [0, 0.1) is 6.92 Å². The molecule has 5 aromatic rings. The largest absolute Gasteiger partial charge is 0.422 e. The smallest absolute Gasteiger partial charge is 0.363 e. The first kappa shape index (κ1) is 23.9. The second kappa shape index (κ2) is 9.43. The number of benzene rings is 3. The van der Waals surface area contributed by atoms with Gasteiger partial charge in [0, 0.05) is 25.7 Å². The number of nitrogens with zero attached hydrogens (tertiary/aromatic N) is 1. The summed E-state index contributed by atoms with van der Waals surface area (Å²) in [5.41, 5.74) is 1.63. The molecule has 3 aromatic carbocycles. The monoisotopic (exact) mass is 563 g/mol. The van der Waals surface area contributed by atoms with Crippen molar-refractivity contribution in [1.82, 2.24) is 0 Å². The number of ether oxygens (including phenoxy) is 2. The maximum absolute atomic E-state index is 13.1. The number of aryl methyl sites for hydroxylation is 1. The summed E-state index contributed by atoms with van der Waals surface area (Å²) in [6.45, 7) is 1.98. The third kappa shape index (κ3) is 4.34. The molecule has 0 atom stereocenters. The highest BCUT2D eigenvalue weighted by molar-refractivity contribution is 7.22. The summed E-state index contributed by atoms with van der Waals surface area (Å²) < 4.78 is 13.0. The van der Waals surface area contributed by atoms with E-state index in [0.29, 0.717) is 25.4 Å². The van der Waals surface area contributed by atoms with Gasteiger partial charge in [0.1, 0.15) is 15.5 Å². The van der Waals surface area contributed by atoms with E-state index >= 15 is 0 Å². The van der Waals surface area contributed by atoms with Crippen molar-refractivity contribution >= 4 is 90.0 Å². The lowest BCUT2D eigenvalue weighted by Gasteiger charge is -2.07. The van der Waals surface area contributed by atoms with Crippen LogP contribution in [0.4, 0.5) is 0 Å². The Balaban J connectivity index is 1.32. The van der Waals surface area contributed by atoms with Crippen LogP contribution in [-0.2, 0) is 9.53 Å². The van der Waals surface area contributed by atoms with E-state index < -0.39 is 11.9 Å². The summed E-state index contributed by atoms with van der Waals surface area (Å²) >= 11 is 15.7. The molecule has 5 nitrogen and oxygen atoms in total. The van der Waals surface area contributed by atoms with E-state index in [1.54, 1.807) is 24.3 Å². The van der Waals surface area contributed by atoms with Gasteiger partial charge in [0.05, 0.1) is 10.0 Å². The van der Waals surface area contributed by atoms with Crippen LogP contribution in [0.2, 0.25) is 10.0 Å². The number of cyclic esters (lactones) is 1. The SMILES string of the molecule is Cc1ccc2c(Cl)c(C(=O)Oc3ccccc3/C=C3/N=C(c4sc5ccccc5c4Cl)OC3=O)sc2c1. The molecule has 9 heteroatoms. The molecule has 0 aliphatic carbocycles. The van der Waals surface area contributed by atoms with E-state index in [4.69, 9.17) is 32.7 Å².